The van der Waals surface area contributed by atoms with Crippen LogP contribution in [0.3, 0.4) is 0 Å². The number of aliphatic carboxylic acids is 1. The molecule has 0 aliphatic heterocycles. The van der Waals surface area contributed by atoms with Crippen LogP contribution in [0.4, 0.5) is 4.79 Å². The minimum atomic E-state index is -1.05. The molecular formula is C11H19N3O4. The van der Waals surface area contributed by atoms with E-state index in [4.69, 9.17) is 10.8 Å². The summed E-state index contributed by atoms with van der Waals surface area (Å²) < 4.78 is 0. The molecule has 1 aliphatic rings. The highest BCUT2D eigenvalue weighted by atomic mass is 16.4. The van der Waals surface area contributed by atoms with Crippen molar-refractivity contribution in [1.29, 1.82) is 0 Å². The number of carbonyl (C=O) groups is 3. The zero-order valence-electron chi connectivity index (χ0n) is 10.6. The number of carboxylic acid groups (broad SMARTS) is 1. The van der Waals surface area contributed by atoms with Gasteiger partial charge in [-0.3, -0.25) is 9.59 Å². The average Bonchev–Trinajstić information content (AvgIpc) is 2.93. The van der Waals surface area contributed by atoms with Gasteiger partial charge in [-0.1, -0.05) is 0 Å². The van der Waals surface area contributed by atoms with E-state index < -0.39 is 23.4 Å². The lowest BCUT2D eigenvalue weighted by Gasteiger charge is -2.29. The Hall–Kier alpha value is -1.79. The Labute approximate surface area is 105 Å². The molecule has 0 unspecified atom stereocenters. The maximum atomic E-state index is 12.0. The molecule has 4 N–H and O–H groups in total. The summed E-state index contributed by atoms with van der Waals surface area (Å²) in [7, 11) is 0. The van der Waals surface area contributed by atoms with Gasteiger partial charge in [0, 0.05) is 18.0 Å². The van der Waals surface area contributed by atoms with Crippen molar-refractivity contribution in [3.8, 4) is 0 Å². The third kappa shape index (κ3) is 4.60. The maximum absolute atomic E-state index is 12.0. The lowest BCUT2D eigenvalue weighted by molar-refractivity contribution is -0.137. The number of urea groups is 1. The van der Waals surface area contributed by atoms with Gasteiger partial charge in [0.15, 0.2) is 0 Å². The average molecular weight is 257 g/mol. The zero-order valence-corrected chi connectivity index (χ0v) is 10.6. The van der Waals surface area contributed by atoms with Crippen LogP contribution < -0.4 is 11.1 Å². The van der Waals surface area contributed by atoms with Crippen LogP contribution in [0.2, 0.25) is 0 Å². The molecule has 0 saturated heterocycles. The molecule has 1 saturated carbocycles. The summed E-state index contributed by atoms with van der Waals surface area (Å²) in [6.07, 6.45) is 1.64. The van der Waals surface area contributed by atoms with Crippen LogP contribution in [0.1, 0.15) is 33.1 Å². The summed E-state index contributed by atoms with van der Waals surface area (Å²) >= 11 is 0. The molecule has 0 heterocycles. The molecule has 0 aromatic rings. The van der Waals surface area contributed by atoms with Crippen LogP contribution >= 0.6 is 0 Å². The summed E-state index contributed by atoms with van der Waals surface area (Å²) in [5, 5.41) is 11.4. The Bertz CT molecular complexity index is 363. The minimum absolute atomic E-state index is 0.00428. The number of carbonyl (C=O) groups excluding carboxylic acids is 2. The third-order valence-corrected chi connectivity index (χ3v) is 2.62. The van der Waals surface area contributed by atoms with Crippen molar-refractivity contribution in [2.24, 2.45) is 5.73 Å². The summed E-state index contributed by atoms with van der Waals surface area (Å²) in [4.78, 5) is 34.8. The predicted molar refractivity (Wildman–Crippen MR) is 63.8 cm³/mol. The number of nitrogens with one attached hydrogen (secondary N) is 1. The van der Waals surface area contributed by atoms with E-state index in [1.807, 2.05) is 0 Å². The fourth-order valence-electron chi connectivity index (χ4n) is 1.74. The number of amides is 3. The molecule has 0 spiro atoms. The highest BCUT2D eigenvalue weighted by molar-refractivity contribution is 5.82. The van der Waals surface area contributed by atoms with Crippen LogP contribution in [0, 0.1) is 0 Å². The third-order valence-electron chi connectivity index (χ3n) is 2.62. The summed E-state index contributed by atoms with van der Waals surface area (Å²) in [6, 6.07) is -0.475. The van der Waals surface area contributed by atoms with E-state index >= 15 is 0 Å². The normalized spacial score (nSPS) is 15.0. The van der Waals surface area contributed by atoms with Crippen LogP contribution in [0.15, 0.2) is 0 Å². The molecule has 18 heavy (non-hydrogen) atoms. The van der Waals surface area contributed by atoms with E-state index in [-0.39, 0.29) is 19.0 Å². The second-order valence-electron chi connectivity index (χ2n) is 5.21. The highest BCUT2D eigenvalue weighted by Crippen LogP contribution is 2.27. The smallest absolute Gasteiger partial charge is 0.323 e. The van der Waals surface area contributed by atoms with Crippen molar-refractivity contribution < 1.29 is 19.5 Å². The standard InChI is InChI=1S/C11H19N3O4/c1-11(2,5-8(12)15)13-10(18)14(6-9(16)17)7-3-4-7/h7H,3-6H2,1-2H3,(H2,12,15)(H,13,18)(H,16,17). The number of primary amides is 1. The van der Waals surface area contributed by atoms with Crippen LogP contribution in [0.5, 0.6) is 0 Å². The first-order chi connectivity index (χ1) is 8.21. The molecule has 1 aliphatic carbocycles. The number of nitrogens with two attached hydrogens (primary N) is 1. The first kappa shape index (κ1) is 14.3. The van der Waals surface area contributed by atoms with E-state index in [2.05, 4.69) is 5.32 Å². The second-order valence-corrected chi connectivity index (χ2v) is 5.21. The molecular weight excluding hydrogens is 238 g/mol. The number of hydrogen-bond donors (Lipinski definition) is 3. The molecule has 0 radical (unpaired) electrons. The van der Waals surface area contributed by atoms with Crippen molar-refractivity contribution in [2.45, 2.75) is 44.7 Å². The Morgan fingerprint density at radius 2 is 1.94 bits per heavy atom. The molecule has 102 valence electrons. The van der Waals surface area contributed by atoms with Gasteiger partial charge in [0.2, 0.25) is 5.91 Å². The SMILES string of the molecule is CC(C)(CC(N)=O)NC(=O)N(CC(=O)O)C1CC1. The predicted octanol–water partition coefficient (Wildman–Crippen LogP) is -0.101. The van der Waals surface area contributed by atoms with E-state index in [0.29, 0.717) is 0 Å². The van der Waals surface area contributed by atoms with Crippen molar-refractivity contribution >= 4 is 17.9 Å². The first-order valence-electron chi connectivity index (χ1n) is 5.80. The largest absolute Gasteiger partial charge is 0.480 e. The first-order valence-corrected chi connectivity index (χ1v) is 5.80. The minimum Gasteiger partial charge on any atom is -0.480 e. The Morgan fingerprint density at radius 1 is 1.39 bits per heavy atom. The van der Waals surface area contributed by atoms with Crippen LogP contribution in [0.25, 0.3) is 0 Å². The van der Waals surface area contributed by atoms with Crippen molar-refractivity contribution in [3.05, 3.63) is 0 Å². The van der Waals surface area contributed by atoms with E-state index in [1.54, 1.807) is 13.8 Å². The highest BCUT2D eigenvalue weighted by Gasteiger charge is 2.36. The second kappa shape index (κ2) is 5.24. The van der Waals surface area contributed by atoms with Gasteiger partial charge in [-0.05, 0) is 26.7 Å². The summed E-state index contributed by atoms with van der Waals surface area (Å²) in [6.45, 7) is 3.01. The quantitative estimate of drug-likeness (QED) is 0.616. The lowest BCUT2D eigenvalue weighted by atomic mass is 10.0. The lowest BCUT2D eigenvalue weighted by Crippen LogP contribution is -2.53. The zero-order chi connectivity index (χ0) is 13.9. The molecule has 0 bridgehead atoms. The van der Waals surface area contributed by atoms with Gasteiger partial charge in [-0.15, -0.1) is 0 Å². The Balaban J connectivity index is 2.60. The molecule has 1 fully saturated rings. The number of nitrogens with zero attached hydrogens (tertiary/aromatic N) is 1. The number of rotatable bonds is 6. The van der Waals surface area contributed by atoms with E-state index in [9.17, 15) is 14.4 Å². The van der Waals surface area contributed by atoms with Crippen molar-refractivity contribution in [3.63, 3.8) is 0 Å². The van der Waals surface area contributed by atoms with Gasteiger partial charge in [-0.2, -0.15) is 0 Å². The Morgan fingerprint density at radius 3 is 2.33 bits per heavy atom. The van der Waals surface area contributed by atoms with Crippen LogP contribution in [-0.4, -0.2) is 46.0 Å². The fourth-order valence-corrected chi connectivity index (χ4v) is 1.74. The molecule has 0 aromatic carbocycles. The van der Waals surface area contributed by atoms with Crippen molar-refractivity contribution in [1.82, 2.24) is 10.2 Å². The molecule has 0 atom stereocenters. The van der Waals surface area contributed by atoms with Gasteiger partial charge in [-0.25, -0.2) is 4.79 Å². The van der Waals surface area contributed by atoms with Gasteiger partial charge in [0.25, 0.3) is 0 Å². The Kier molecular flexibility index (Phi) is 4.15. The van der Waals surface area contributed by atoms with E-state index in [1.165, 1.54) is 4.90 Å². The molecule has 3 amide bonds. The number of carboxylic acids is 1. The molecule has 0 aromatic heterocycles. The van der Waals surface area contributed by atoms with E-state index in [0.717, 1.165) is 12.8 Å². The van der Waals surface area contributed by atoms with Gasteiger partial charge in [0.1, 0.15) is 6.54 Å². The summed E-state index contributed by atoms with van der Waals surface area (Å²) in [5.74, 6) is -1.57. The van der Waals surface area contributed by atoms with Crippen molar-refractivity contribution in [2.75, 3.05) is 6.54 Å². The van der Waals surface area contributed by atoms with Gasteiger partial charge >= 0.3 is 12.0 Å². The fraction of sp³-hybridized carbons (Fsp3) is 0.727. The molecule has 1 rings (SSSR count). The monoisotopic (exact) mass is 257 g/mol. The number of hydrogen-bond acceptors (Lipinski definition) is 3. The van der Waals surface area contributed by atoms with Crippen LogP contribution in [-0.2, 0) is 9.59 Å². The molecule has 7 nitrogen and oxygen atoms in total. The summed E-state index contributed by atoms with van der Waals surface area (Å²) in [5.41, 5.74) is 4.30. The van der Waals surface area contributed by atoms with Gasteiger partial charge < -0.3 is 21.1 Å². The topological polar surface area (TPSA) is 113 Å². The maximum Gasteiger partial charge on any atom is 0.323 e. The molecule has 7 heteroatoms. The van der Waals surface area contributed by atoms with Gasteiger partial charge in [0.05, 0.1) is 0 Å².